The Morgan fingerprint density at radius 3 is 2.89 bits per heavy atom. The maximum Gasteiger partial charge on any atom is 0.128 e. The second kappa shape index (κ2) is 5.91. The summed E-state index contributed by atoms with van der Waals surface area (Å²) in [5, 5.41) is 4.70. The molecule has 0 aliphatic heterocycles. The standard InChI is InChI=1S/C15H22N2O/c1-4-12(2)16-9-11-17-10-8-13-14(17)6-5-7-15(13)18-3/h5-8,10,12,16H,4,9,11H2,1-3H3. The van der Waals surface area contributed by atoms with Gasteiger partial charge < -0.3 is 14.6 Å². The molecule has 2 aromatic rings. The molecule has 0 bridgehead atoms. The smallest absolute Gasteiger partial charge is 0.128 e. The van der Waals surface area contributed by atoms with Crippen molar-refractivity contribution in [2.45, 2.75) is 32.9 Å². The average Bonchev–Trinajstić information content (AvgIpc) is 2.82. The number of hydrogen-bond donors (Lipinski definition) is 1. The first-order chi connectivity index (χ1) is 8.76. The molecule has 0 radical (unpaired) electrons. The van der Waals surface area contributed by atoms with E-state index in [1.165, 1.54) is 17.3 Å². The molecule has 0 aliphatic carbocycles. The number of methoxy groups -OCH3 is 1. The normalized spacial score (nSPS) is 12.8. The molecule has 1 atom stereocenters. The van der Waals surface area contributed by atoms with Crippen LogP contribution in [0.5, 0.6) is 5.75 Å². The van der Waals surface area contributed by atoms with E-state index in [1.54, 1.807) is 7.11 Å². The summed E-state index contributed by atoms with van der Waals surface area (Å²) in [5.74, 6) is 0.945. The fourth-order valence-electron chi connectivity index (χ4n) is 2.14. The van der Waals surface area contributed by atoms with Gasteiger partial charge in [-0.2, -0.15) is 0 Å². The summed E-state index contributed by atoms with van der Waals surface area (Å²) in [6, 6.07) is 8.89. The molecule has 1 N–H and O–H groups in total. The van der Waals surface area contributed by atoms with Gasteiger partial charge in [0.05, 0.1) is 12.6 Å². The molecule has 0 spiro atoms. The summed E-state index contributed by atoms with van der Waals surface area (Å²) in [6.07, 6.45) is 3.30. The molecule has 0 saturated heterocycles. The predicted molar refractivity (Wildman–Crippen MR) is 76.2 cm³/mol. The molecular weight excluding hydrogens is 224 g/mol. The molecule has 3 nitrogen and oxygen atoms in total. The molecule has 98 valence electrons. The summed E-state index contributed by atoms with van der Waals surface area (Å²) < 4.78 is 7.64. The predicted octanol–water partition coefficient (Wildman–Crippen LogP) is 3.04. The largest absolute Gasteiger partial charge is 0.496 e. The van der Waals surface area contributed by atoms with Crippen LogP contribution >= 0.6 is 0 Å². The zero-order valence-corrected chi connectivity index (χ0v) is 11.4. The minimum atomic E-state index is 0.585. The molecule has 2 rings (SSSR count). The highest BCUT2D eigenvalue weighted by molar-refractivity contribution is 5.86. The molecule has 1 aromatic heterocycles. The van der Waals surface area contributed by atoms with Gasteiger partial charge in [0, 0.05) is 30.7 Å². The van der Waals surface area contributed by atoms with Crippen LogP contribution in [0.1, 0.15) is 20.3 Å². The zero-order valence-electron chi connectivity index (χ0n) is 11.4. The van der Waals surface area contributed by atoms with E-state index < -0.39 is 0 Å². The van der Waals surface area contributed by atoms with E-state index in [0.717, 1.165) is 18.8 Å². The van der Waals surface area contributed by atoms with Crippen molar-refractivity contribution < 1.29 is 4.74 Å². The Kier molecular flexibility index (Phi) is 4.26. The fraction of sp³-hybridized carbons (Fsp3) is 0.467. The summed E-state index contributed by atoms with van der Waals surface area (Å²) in [6.45, 7) is 6.40. The molecule has 0 fully saturated rings. The first-order valence-electron chi connectivity index (χ1n) is 6.61. The number of hydrogen-bond acceptors (Lipinski definition) is 2. The molecule has 1 aromatic carbocycles. The van der Waals surface area contributed by atoms with Gasteiger partial charge in [0.2, 0.25) is 0 Å². The minimum absolute atomic E-state index is 0.585. The Morgan fingerprint density at radius 1 is 1.33 bits per heavy atom. The van der Waals surface area contributed by atoms with Gasteiger partial charge >= 0.3 is 0 Å². The number of fused-ring (bicyclic) bond motifs is 1. The lowest BCUT2D eigenvalue weighted by molar-refractivity contribution is 0.420. The van der Waals surface area contributed by atoms with Crippen LogP contribution in [0.25, 0.3) is 10.9 Å². The highest BCUT2D eigenvalue weighted by atomic mass is 16.5. The van der Waals surface area contributed by atoms with Crippen LogP contribution in [0.15, 0.2) is 30.5 Å². The summed E-state index contributed by atoms with van der Waals surface area (Å²) in [7, 11) is 1.72. The van der Waals surface area contributed by atoms with Crippen molar-refractivity contribution in [2.24, 2.45) is 0 Å². The van der Waals surface area contributed by atoms with Crippen molar-refractivity contribution in [3.63, 3.8) is 0 Å². The van der Waals surface area contributed by atoms with Crippen molar-refractivity contribution in [1.82, 2.24) is 9.88 Å². The Labute approximate surface area is 109 Å². The minimum Gasteiger partial charge on any atom is -0.496 e. The van der Waals surface area contributed by atoms with Gasteiger partial charge in [-0.15, -0.1) is 0 Å². The number of ether oxygens (including phenoxy) is 1. The number of rotatable bonds is 6. The first-order valence-corrected chi connectivity index (χ1v) is 6.61. The van der Waals surface area contributed by atoms with Crippen LogP contribution in [0.2, 0.25) is 0 Å². The Hall–Kier alpha value is -1.48. The zero-order chi connectivity index (χ0) is 13.0. The fourth-order valence-corrected chi connectivity index (χ4v) is 2.14. The van der Waals surface area contributed by atoms with Crippen LogP contribution in [-0.4, -0.2) is 24.3 Å². The van der Waals surface area contributed by atoms with Crippen molar-refractivity contribution in [3.05, 3.63) is 30.5 Å². The van der Waals surface area contributed by atoms with E-state index in [9.17, 15) is 0 Å². The number of aromatic nitrogens is 1. The highest BCUT2D eigenvalue weighted by Gasteiger charge is 2.05. The molecule has 3 heteroatoms. The van der Waals surface area contributed by atoms with Gasteiger partial charge in [0.1, 0.15) is 5.75 Å². The SMILES string of the molecule is CCC(C)NCCn1ccc2c(OC)cccc21. The van der Waals surface area contributed by atoms with Gasteiger partial charge in [-0.3, -0.25) is 0 Å². The summed E-state index contributed by atoms with van der Waals surface area (Å²) in [4.78, 5) is 0. The van der Waals surface area contributed by atoms with E-state index >= 15 is 0 Å². The maximum atomic E-state index is 5.37. The van der Waals surface area contributed by atoms with E-state index in [2.05, 4.69) is 42.1 Å². The highest BCUT2D eigenvalue weighted by Crippen LogP contribution is 2.25. The van der Waals surface area contributed by atoms with Crippen LogP contribution < -0.4 is 10.1 Å². The van der Waals surface area contributed by atoms with Crippen LogP contribution in [0.3, 0.4) is 0 Å². The van der Waals surface area contributed by atoms with E-state index in [1.807, 2.05) is 12.1 Å². The lowest BCUT2D eigenvalue weighted by Crippen LogP contribution is -2.28. The lowest BCUT2D eigenvalue weighted by atomic mass is 10.2. The molecule has 1 unspecified atom stereocenters. The Balaban J connectivity index is 2.10. The third-order valence-electron chi connectivity index (χ3n) is 3.45. The number of nitrogens with zero attached hydrogens (tertiary/aromatic N) is 1. The van der Waals surface area contributed by atoms with Crippen molar-refractivity contribution >= 4 is 10.9 Å². The van der Waals surface area contributed by atoms with E-state index in [-0.39, 0.29) is 0 Å². The second-order valence-corrected chi connectivity index (χ2v) is 4.67. The average molecular weight is 246 g/mol. The number of benzene rings is 1. The molecule has 0 amide bonds. The van der Waals surface area contributed by atoms with Gasteiger partial charge in [-0.05, 0) is 31.5 Å². The Morgan fingerprint density at radius 2 is 2.17 bits per heavy atom. The van der Waals surface area contributed by atoms with E-state index in [4.69, 9.17) is 4.74 Å². The molecular formula is C15H22N2O. The van der Waals surface area contributed by atoms with Crippen LogP contribution in [0.4, 0.5) is 0 Å². The second-order valence-electron chi connectivity index (χ2n) is 4.67. The topological polar surface area (TPSA) is 26.2 Å². The quantitative estimate of drug-likeness (QED) is 0.848. The third kappa shape index (κ3) is 2.67. The van der Waals surface area contributed by atoms with Crippen LogP contribution in [-0.2, 0) is 6.54 Å². The lowest BCUT2D eigenvalue weighted by Gasteiger charge is -2.12. The van der Waals surface area contributed by atoms with Gasteiger partial charge in [-0.1, -0.05) is 13.0 Å². The maximum absolute atomic E-state index is 5.37. The van der Waals surface area contributed by atoms with E-state index in [0.29, 0.717) is 6.04 Å². The first kappa shape index (κ1) is 13.0. The van der Waals surface area contributed by atoms with Gasteiger partial charge in [0.25, 0.3) is 0 Å². The molecule has 0 aliphatic rings. The molecule has 18 heavy (non-hydrogen) atoms. The Bertz CT molecular complexity index is 504. The third-order valence-corrected chi connectivity index (χ3v) is 3.45. The summed E-state index contributed by atoms with van der Waals surface area (Å²) in [5.41, 5.74) is 1.24. The van der Waals surface area contributed by atoms with Crippen LogP contribution in [0, 0.1) is 0 Å². The summed E-state index contributed by atoms with van der Waals surface area (Å²) >= 11 is 0. The monoisotopic (exact) mass is 246 g/mol. The van der Waals surface area contributed by atoms with Gasteiger partial charge in [-0.25, -0.2) is 0 Å². The molecule has 0 saturated carbocycles. The molecule has 1 heterocycles. The van der Waals surface area contributed by atoms with Gasteiger partial charge in [0.15, 0.2) is 0 Å². The van der Waals surface area contributed by atoms with Crippen molar-refractivity contribution in [3.8, 4) is 5.75 Å². The van der Waals surface area contributed by atoms with Crippen molar-refractivity contribution in [1.29, 1.82) is 0 Å². The van der Waals surface area contributed by atoms with Crippen molar-refractivity contribution in [2.75, 3.05) is 13.7 Å². The number of nitrogens with one attached hydrogen (secondary N) is 1.